The van der Waals surface area contributed by atoms with Crippen LogP contribution in [0.1, 0.15) is 19.3 Å². The van der Waals surface area contributed by atoms with Gasteiger partial charge in [-0.3, -0.25) is 9.78 Å². The number of hydrogen-bond acceptors (Lipinski definition) is 4. The van der Waals surface area contributed by atoms with E-state index in [1.807, 2.05) is 29.8 Å². The van der Waals surface area contributed by atoms with E-state index in [0.717, 1.165) is 40.8 Å². The number of hydrogen-bond donors (Lipinski definition) is 1. The molecule has 3 aromatic rings. The summed E-state index contributed by atoms with van der Waals surface area (Å²) in [5.74, 6) is 0.413. The van der Waals surface area contributed by atoms with Crippen molar-refractivity contribution in [3.05, 3.63) is 36.8 Å². The van der Waals surface area contributed by atoms with Gasteiger partial charge in [-0.1, -0.05) is 0 Å². The van der Waals surface area contributed by atoms with Crippen LogP contribution in [0.25, 0.3) is 22.2 Å². The zero-order valence-electron chi connectivity index (χ0n) is 14.9. The number of carbonyl (C=O) groups excluding carboxylic acids is 1. The van der Waals surface area contributed by atoms with Crippen molar-refractivity contribution < 1.29 is 13.9 Å². The van der Waals surface area contributed by atoms with E-state index in [4.69, 9.17) is 4.74 Å². The zero-order chi connectivity index (χ0) is 18.5. The van der Waals surface area contributed by atoms with Crippen LogP contribution in [0.3, 0.4) is 0 Å². The first-order valence-corrected chi connectivity index (χ1v) is 9.11. The minimum absolute atomic E-state index is 0.297. The number of anilines is 1. The van der Waals surface area contributed by atoms with E-state index in [1.165, 1.54) is 0 Å². The summed E-state index contributed by atoms with van der Waals surface area (Å²) < 4.78 is 21.1. The summed E-state index contributed by atoms with van der Waals surface area (Å²) in [6, 6.07) is 5.72. The Morgan fingerprint density at radius 2 is 2.15 bits per heavy atom. The van der Waals surface area contributed by atoms with Crippen LogP contribution in [0.2, 0.25) is 0 Å². The molecule has 2 atom stereocenters. The van der Waals surface area contributed by atoms with Gasteiger partial charge in [0.15, 0.2) is 0 Å². The second-order valence-corrected chi connectivity index (χ2v) is 7.25. The molecule has 0 spiro atoms. The smallest absolute Gasteiger partial charge is 0.231 e. The number of amides is 1. The van der Waals surface area contributed by atoms with Crippen molar-refractivity contribution in [2.75, 3.05) is 5.32 Å². The topological polar surface area (TPSA) is 69.0 Å². The fourth-order valence-corrected chi connectivity index (χ4v) is 3.26. The predicted molar refractivity (Wildman–Crippen MR) is 99.2 cm³/mol. The predicted octanol–water partition coefficient (Wildman–Crippen LogP) is 3.47. The second kappa shape index (κ2) is 6.04. The summed E-state index contributed by atoms with van der Waals surface area (Å²) in [7, 11) is 1.96. The van der Waals surface area contributed by atoms with Crippen LogP contribution in [0.4, 0.5) is 10.2 Å². The third-order valence-electron chi connectivity index (χ3n) is 5.10. The maximum absolute atomic E-state index is 13.1. The van der Waals surface area contributed by atoms with Gasteiger partial charge in [0.1, 0.15) is 17.7 Å². The van der Waals surface area contributed by atoms with Gasteiger partial charge in [0.05, 0.1) is 35.0 Å². The first-order chi connectivity index (χ1) is 13.1. The van der Waals surface area contributed by atoms with Gasteiger partial charge in [0.25, 0.3) is 0 Å². The molecular formula is C20H19FN4O2. The minimum atomic E-state index is -1.02. The molecule has 1 N–H and O–H groups in total. The standard InChI is InChI=1S/C20H19FN4O2/c1-25-16(14-9-22-5-4-18(14)27-12-2-3-12)6-11-7-19(23-10-17(11)25)24-20(26)13-8-15(13)21/h4-7,9-10,12-13,15H,2-3,8H2,1H3,(H,23,24,26). The number of rotatable bonds is 5. The van der Waals surface area contributed by atoms with Crippen LogP contribution >= 0.6 is 0 Å². The van der Waals surface area contributed by atoms with Crippen LogP contribution in [-0.2, 0) is 11.8 Å². The fourth-order valence-electron chi connectivity index (χ4n) is 3.26. The Morgan fingerprint density at radius 3 is 2.89 bits per heavy atom. The normalized spacial score (nSPS) is 21.3. The number of pyridine rings is 2. The molecule has 2 aliphatic rings. The molecule has 3 heterocycles. The summed E-state index contributed by atoms with van der Waals surface area (Å²) in [5, 5.41) is 3.64. The molecule has 2 aliphatic carbocycles. The van der Waals surface area contributed by atoms with Gasteiger partial charge in [0.2, 0.25) is 5.91 Å². The summed E-state index contributed by atoms with van der Waals surface area (Å²) in [5.41, 5.74) is 2.82. The third-order valence-corrected chi connectivity index (χ3v) is 5.10. The van der Waals surface area contributed by atoms with Crippen molar-refractivity contribution in [2.45, 2.75) is 31.5 Å². The highest BCUT2D eigenvalue weighted by atomic mass is 19.1. The summed E-state index contributed by atoms with van der Waals surface area (Å²) in [4.78, 5) is 20.5. The Kier molecular flexibility index (Phi) is 3.63. The van der Waals surface area contributed by atoms with E-state index in [9.17, 15) is 9.18 Å². The van der Waals surface area contributed by atoms with Crippen LogP contribution in [-0.4, -0.2) is 32.7 Å². The molecule has 0 saturated heterocycles. The van der Waals surface area contributed by atoms with E-state index in [2.05, 4.69) is 15.3 Å². The SMILES string of the molecule is Cn1c(-c2cnccc2OC2CC2)cc2cc(NC(=O)C3CC3F)ncc21. The highest BCUT2D eigenvalue weighted by molar-refractivity contribution is 5.96. The maximum Gasteiger partial charge on any atom is 0.231 e. The van der Waals surface area contributed by atoms with Gasteiger partial charge < -0.3 is 14.6 Å². The lowest BCUT2D eigenvalue weighted by molar-refractivity contribution is -0.117. The van der Waals surface area contributed by atoms with Gasteiger partial charge in [0, 0.05) is 24.8 Å². The van der Waals surface area contributed by atoms with Gasteiger partial charge in [-0.25, -0.2) is 9.37 Å². The lowest BCUT2D eigenvalue weighted by Gasteiger charge is -2.11. The average Bonchev–Trinajstić information content (AvgIpc) is 3.57. The van der Waals surface area contributed by atoms with E-state index in [1.54, 1.807) is 18.6 Å². The first-order valence-electron chi connectivity index (χ1n) is 9.11. The van der Waals surface area contributed by atoms with E-state index < -0.39 is 12.1 Å². The van der Waals surface area contributed by atoms with Crippen molar-refractivity contribution in [1.82, 2.24) is 14.5 Å². The molecule has 0 radical (unpaired) electrons. The molecule has 3 aromatic heterocycles. The molecule has 2 fully saturated rings. The highest BCUT2D eigenvalue weighted by Gasteiger charge is 2.43. The number of nitrogens with zero attached hydrogens (tertiary/aromatic N) is 3. The molecule has 7 heteroatoms. The Balaban J connectivity index is 1.49. The lowest BCUT2D eigenvalue weighted by atomic mass is 10.2. The molecule has 2 saturated carbocycles. The van der Waals surface area contributed by atoms with Crippen LogP contribution in [0.15, 0.2) is 36.8 Å². The second-order valence-electron chi connectivity index (χ2n) is 7.25. The molecule has 1 amide bonds. The summed E-state index contributed by atoms with van der Waals surface area (Å²) in [6.45, 7) is 0. The van der Waals surface area contributed by atoms with Crippen molar-refractivity contribution in [3.8, 4) is 17.0 Å². The minimum Gasteiger partial charge on any atom is -0.490 e. The van der Waals surface area contributed by atoms with Crippen molar-refractivity contribution in [3.63, 3.8) is 0 Å². The number of halogens is 1. The van der Waals surface area contributed by atoms with E-state index in [0.29, 0.717) is 18.3 Å². The number of carbonyl (C=O) groups is 1. The molecule has 0 aromatic carbocycles. The third kappa shape index (κ3) is 3.03. The molecule has 0 bridgehead atoms. The number of alkyl halides is 1. The molecule has 0 aliphatic heterocycles. The number of ether oxygens (including phenoxy) is 1. The van der Waals surface area contributed by atoms with E-state index >= 15 is 0 Å². The van der Waals surface area contributed by atoms with Gasteiger partial charge in [-0.15, -0.1) is 0 Å². The van der Waals surface area contributed by atoms with Crippen LogP contribution in [0, 0.1) is 5.92 Å². The lowest BCUT2D eigenvalue weighted by Crippen LogP contribution is -2.15. The fraction of sp³-hybridized carbons (Fsp3) is 0.350. The average molecular weight is 366 g/mol. The van der Waals surface area contributed by atoms with Gasteiger partial charge in [-0.2, -0.15) is 0 Å². The quantitative estimate of drug-likeness (QED) is 0.751. The summed E-state index contributed by atoms with van der Waals surface area (Å²) in [6.07, 6.45) is 7.00. The monoisotopic (exact) mass is 366 g/mol. The molecular weight excluding hydrogens is 347 g/mol. The van der Waals surface area contributed by atoms with Crippen LogP contribution in [0.5, 0.6) is 5.75 Å². The van der Waals surface area contributed by atoms with E-state index in [-0.39, 0.29) is 5.91 Å². The van der Waals surface area contributed by atoms with Crippen molar-refractivity contribution in [1.29, 1.82) is 0 Å². The van der Waals surface area contributed by atoms with Crippen molar-refractivity contribution in [2.24, 2.45) is 13.0 Å². The van der Waals surface area contributed by atoms with Crippen molar-refractivity contribution >= 4 is 22.6 Å². The molecule has 138 valence electrons. The maximum atomic E-state index is 13.1. The number of aromatic nitrogens is 3. The number of nitrogens with one attached hydrogen (secondary N) is 1. The highest BCUT2D eigenvalue weighted by Crippen LogP contribution is 2.37. The number of aryl methyl sites for hydroxylation is 1. The molecule has 27 heavy (non-hydrogen) atoms. The Hall–Kier alpha value is -2.96. The van der Waals surface area contributed by atoms with Crippen LogP contribution < -0.4 is 10.1 Å². The largest absolute Gasteiger partial charge is 0.490 e. The summed E-state index contributed by atoms with van der Waals surface area (Å²) >= 11 is 0. The first kappa shape index (κ1) is 16.2. The Morgan fingerprint density at radius 1 is 1.33 bits per heavy atom. The number of fused-ring (bicyclic) bond motifs is 1. The molecule has 5 rings (SSSR count). The zero-order valence-corrected chi connectivity index (χ0v) is 14.9. The Labute approximate surface area is 155 Å². The molecule has 2 unspecified atom stereocenters. The molecule has 6 nitrogen and oxygen atoms in total. The van der Waals surface area contributed by atoms with Gasteiger partial charge >= 0.3 is 0 Å². The van der Waals surface area contributed by atoms with Gasteiger partial charge in [-0.05, 0) is 37.5 Å². The Bertz CT molecular complexity index is 1040.